The van der Waals surface area contributed by atoms with Crippen molar-refractivity contribution in [3.05, 3.63) is 0 Å². The average molecular weight is 333 g/mol. The predicted octanol–water partition coefficient (Wildman–Crippen LogP) is 1.23. The standard InChI is InChI=1S/C13H22N2O6P/c1-8(2)19-12(17)13(18)21-22(20-9(3)16)14-10-6-4-5-7-11(10)15-22/h8,10-11,14-15H,4-7H2,1-3H3/q+1. The Labute approximate surface area is 129 Å². The van der Waals surface area contributed by atoms with Crippen molar-refractivity contribution in [3.63, 3.8) is 0 Å². The third kappa shape index (κ3) is 4.15. The number of hydrogen-bond donors (Lipinski definition) is 2. The average Bonchev–Trinajstić information content (AvgIpc) is 2.74. The van der Waals surface area contributed by atoms with E-state index in [1.165, 1.54) is 6.92 Å². The Morgan fingerprint density at radius 2 is 1.55 bits per heavy atom. The first-order valence-electron chi connectivity index (χ1n) is 7.40. The molecule has 0 radical (unpaired) electrons. The maximum absolute atomic E-state index is 11.9. The first kappa shape index (κ1) is 17.1. The van der Waals surface area contributed by atoms with E-state index >= 15 is 0 Å². The van der Waals surface area contributed by atoms with Gasteiger partial charge < -0.3 is 4.74 Å². The second kappa shape index (κ2) is 6.89. The van der Waals surface area contributed by atoms with Crippen LogP contribution in [-0.2, 0) is 28.2 Å². The molecule has 0 bridgehead atoms. The summed E-state index contributed by atoms with van der Waals surface area (Å²) in [6, 6.07) is 0.130. The van der Waals surface area contributed by atoms with E-state index in [1.807, 2.05) is 0 Å². The quantitative estimate of drug-likeness (QED) is 0.451. The van der Waals surface area contributed by atoms with Crippen LogP contribution in [0.15, 0.2) is 0 Å². The van der Waals surface area contributed by atoms with Crippen LogP contribution in [0.5, 0.6) is 0 Å². The lowest BCUT2D eigenvalue weighted by atomic mass is 9.92. The number of carbonyl (C=O) groups is 3. The maximum atomic E-state index is 11.9. The van der Waals surface area contributed by atoms with Crippen LogP contribution in [0.4, 0.5) is 0 Å². The van der Waals surface area contributed by atoms with Gasteiger partial charge in [0, 0.05) is 6.92 Å². The van der Waals surface area contributed by atoms with Crippen molar-refractivity contribution >= 4 is 25.9 Å². The van der Waals surface area contributed by atoms with Gasteiger partial charge in [-0.2, -0.15) is 0 Å². The Morgan fingerprint density at radius 1 is 1.00 bits per heavy atom. The summed E-state index contributed by atoms with van der Waals surface area (Å²) < 4.78 is 15.2. The second-order valence-corrected chi connectivity index (χ2v) is 7.71. The molecule has 1 aliphatic carbocycles. The summed E-state index contributed by atoms with van der Waals surface area (Å²) in [6.45, 7) is 4.49. The maximum Gasteiger partial charge on any atom is 0.527 e. The molecule has 2 fully saturated rings. The van der Waals surface area contributed by atoms with Crippen LogP contribution in [0.3, 0.4) is 0 Å². The van der Waals surface area contributed by atoms with Gasteiger partial charge in [0.25, 0.3) is 0 Å². The van der Waals surface area contributed by atoms with Gasteiger partial charge in [0.15, 0.2) is 0 Å². The molecular weight excluding hydrogens is 311 g/mol. The normalized spacial score (nSPS) is 30.5. The zero-order chi connectivity index (χ0) is 16.3. The number of nitrogens with one attached hydrogen (secondary N) is 2. The van der Waals surface area contributed by atoms with E-state index in [0.29, 0.717) is 0 Å². The second-order valence-electron chi connectivity index (χ2n) is 5.72. The minimum absolute atomic E-state index is 0.0651. The molecule has 8 nitrogen and oxygen atoms in total. The first-order chi connectivity index (χ1) is 10.3. The van der Waals surface area contributed by atoms with Gasteiger partial charge >= 0.3 is 25.9 Å². The topological polar surface area (TPSA) is 103 Å². The summed E-state index contributed by atoms with van der Waals surface area (Å²) in [4.78, 5) is 34.9. The molecule has 2 rings (SSSR count). The van der Waals surface area contributed by atoms with Gasteiger partial charge in [0.1, 0.15) is 0 Å². The Bertz CT molecular complexity index is 455. The lowest BCUT2D eigenvalue weighted by molar-refractivity contribution is -0.165. The number of rotatable bonds is 3. The van der Waals surface area contributed by atoms with E-state index in [-0.39, 0.29) is 12.1 Å². The van der Waals surface area contributed by atoms with Crippen molar-refractivity contribution in [1.29, 1.82) is 0 Å². The molecule has 2 N–H and O–H groups in total. The van der Waals surface area contributed by atoms with Crippen LogP contribution in [0.25, 0.3) is 0 Å². The van der Waals surface area contributed by atoms with Crippen LogP contribution < -0.4 is 10.2 Å². The zero-order valence-electron chi connectivity index (χ0n) is 13.0. The summed E-state index contributed by atoms with van der Waals surface area (Å²) in [7, 11) is -3.16. The van der Waals surface area contributed by atoms with Crippen LogP contribution in [-0.4, -0.2) is 36.1 Å². The van der Waals surface area contributed by atoms with Crippen molar-refractivity contribution in [2.24, 2.45) is 0 Å². The molecule has 1 aliphatic heterocycles. The predicted molar refractivity (Wildman–Crippen MR) is 78.3 cm³/mol. The number of esters is 1. The third-order valence-electron chi connectivity index (χ3n) is 3.42. The van der Waals surface area contributed by atoms with E-state index < -0.39 is 32.0 Å². The molecule has 0 aromatic rings. The number of carbonyl (C=O) groups excluding carboxylic acids is 3. The molecule has 0 spiro atoms. The van der Waals surface area contributed by atoms with E-state index in [2.05, 4.69) is 10.2 Å². The monoisotopic (exact) mass is 333 g/mol. The van der Waals surface area contributed by atoms with Gasteiger partial charge in [-0.1, -0.05) is 12.8 Å². The fourth-order valence-corrected chi connectivity index (χ4v) is 5.12. The highest BCUT2D eigenvalue weighted by atomic mass is 31.2. The van der Waals surface area contributed by atoms with Gasteiger partial charge in [-0.3, -0.25) is 0 Å². The molecular formula is C13H22N2O6P+. The minimum Gasteiger partial charge on any atom is -0.454 e. The van der Waals surface area contributed by atoms with Gasteiger partial charge in [-0.15, -0.1) is 10.2 Å². The fraction of sp³-hybridized carbons (Fsp3) is 0.769. The molecule has 2 unspecified atom stereocenters. The molecule has 1 saturated heterocycles. The number of fused-ring (bicyclic) bond motifs is 1. The highest BCUT2D eigenvalue weighted by molar-refractivity contribution is 7.63. The Kier molecular flexibility index (Phi) is 5.36. The lowest BCUT2D eigenvalue weighted by Crippen LogP contribution is -2.36. The van der Waals surface area contributed by atoms with Gasteiger partial charge in [-0.05, 0) is 26.7 Å². The van der Waals surface area contributed by atoms with E-state index in [0.717, 1.165) is 25.7 Å². The third-order valence-corrected chi connectivity index (χ3v) is 5.70. The van der Waals surface area contributed by atoms with E-state index in [1.54, 1.807) is 13.8 Å². The Hall–Kier alpha value is -1.24. The summed E-state index contributed by atoms with van der Waals surface area (Å²) >= 11 is 0. The molecule has 0 amide bonds. The summed E-state index contributed by atoms with van der Waals surface area (Å²) in [6.07, 6.45) is 3.47. The smallest absolute Gasteiger partial charge is 0.454 e. The molecule has 2 aliphatic rings. The largest absolute Gasteiger partial charge is 0.527 e. The zero-order valence-corrected chi connectivity index (χ0v) is 13.9. The number of ether oxygens (including phenoxy) is 1. The molecule has 22 heavy (non-hydrogen) atoms. The molecule has 0 aromatic heterocycles. The van der Waals surface area contributed by atoms with E-state index in [9.17, 15) is 14.4 Å². The highest BCUT2D eigenvalue weighted by Crippen LogP contribution is 2.59. The van der Waals surface area contributed by atoms with Gasteiger partial charge in [0.05, 0.1) is 18.2 Å². The van der Waals surface area contributed by atoms with Crippen molar-refractivity contribution in [3.8, 4) is 0 Å². The van der Waals surface area contributed by atoms with Crippen molar-refractivity contribution in [1.82, 2.24) is 10.2 Å². The lowest BCUT2D eigenvalue weighted by Gasteiger charge is -2.19. The van der Waals surface area contributed by atoms with Gasteiger partial charge in [-0.25, -0.2) is 23.4 Å². The highest BCUT2D eigenvalue weighted by Gasteiger charge is 2.61. The Balaban J connectivity index is 2.08. The molecule has 0 aromatic carbocycles. The van der Waals surface area contributed by atoms with Crippen LogP contribution in [0.1, 0.15) is 46.5 Å². The molecule has 124 valence electrons. The summed E-state index contributed by atoms with van der Waals surface area (Å²) in [5.74, 6) is -2.85. The van der Waals surface area contributed by atoms with E-state index in [4.69, 9.17) is 13.8 Å². The SMILES string of the molecule is CC(=O)O[P+]1(OC(=O)C(=O)OC(C)C)NC2CCCCC2N1. The molecule has 9 heteroatoms. The summed E-state index contributed by atoms with van der Waals surface area (Å²) in [5, 5.41) is 6.17. The Morgan fingerprint density at radius 3 is 2.00 bits per heavy atom. The molecule has 1 saturated carbocycles. The molecule has 2 atom stereocenters. The van der Waals surface area contributed by atoms with Crippen molar-refractivity contribution < 1.29 is 28.2 Å². The summed E-state index contributed by atoms with van der Waals surface area (Å²) in [5.41, 5.74) is 0. The van der Waals surface area contributed by atoms with Crippen LogP contribution in [0.2, 0.25) is 0 Å². The van der Waals surface area contributed by atoms with Gasteiger partial charge in [0.2, 0.25) is 0 Å². The minimum atomic E-state index is -3.16. The van der Waals surface area contributed by atoms with Crippen molar-refractivity contribution in [2.75, 3.05) is 0 Å². The number of hydrogen-bond acceptors (Lipinski definition) is 8. The van der Waals surface area contributed by atoms with Crippen LogP contribution >= 0.6 is 8.02 Å². The fourth-order valence-electron chi connectivity index (χ4n) is 2.64. The molecule has 1 heterocycles. The van der Waals surface area contributed by atoms with Crippen LogP contribution in [0, 0.1) is 0 Å². The van der Waals surface area contributed by atoms with Crippen molar-refractivity contribution in [2.45, 2.75) is 64.6 Å². The first-order valence-corrected chi connectivity index (χ1v) is 9.03.